The van der Waals surface area contributed by atoms with E-state index in [1.54, 1.807) is 0 Å². The van der Waals surface area contributed by atoms with Crippen LogP contribution in [0.25, 0.3) is 58.8 Å². The fraction of sp³-hybridized carbons (Fsp3) is 0. The SMILES string of the molecule is c1ccc(N(c2ccc(-n3c4ccccc4c4ccccc43)cc2)c2ccc(-c3cccc4c3sc3ccccc34)cn2)cc1. The quantitative estimate of drug-likeness (QED) is 0.198. The third-order valence-electron chi connectivity index (χ3n) is 8.65. The molecule has 0 N–H and O–H groups in total. The van der Waals surface area contributed by atoms with E-state index in [9.17, 15) is 0 Å². The molecule has 3 heterocycles. The highest BCUT2D eigenvalue weighted by molar-refractivity contribution is 7.26. The van der Waals surface area contributed by atoms with Crippen LogP contribution < -0.4 is 4.90 Å². The summed E-state index contributed by atoms with van der Waals surface area (Å²) in [4.78, 5) is 7.27. The number of nitrogens with zero attached hydrogens (tertiary/aromatic N) is 3. The summed E-state index contributed by atoms with van der Waals surface area (Å²) < 4.78 is 4.96. The first-order chi connectivity index (χ1) is 22.3. The summed E-state index contributed by atoms with van der Waals surface area (Å²) in [6.07, 6.45) is 2.01. The van der Waals surface area contributed by atoms with Crippen molar-refractivity contribution in [2.24, 2.45) is 0 Å². The molecule has 3 aromatic heterocycles. The molecule has 0 aliphatic rings. The van der Waals surface area contributed by atoms with Gasteiger partial charge < -0.3 is 4.57 Å². The maximum absolute atomic E-state index is 5.05. The van der Waals surface area contributed by atoms with E-state index in [0.29, 0.717) is 0 Å². The van der Waals surface area contributed by atoms with Crippen LogP contribution in [0.2, 0.25) is 0 Å². The summed E-state index contributed by atoms with van der Waals surface area (Å²) in [6.45, 7) is 0. The van der Waals surface area contributed by atoms with Gasteiger partial charge in [-0.05, 0) is 66.7 Å². The average Bonchev–Trinajstić information content (AvgIpc) is 3.66. The standard InChI is InChI=1S/C41H27N3S/c1-2-11-29(12-3-1)43(30-22-24-31(25-23-30)44-37-18-7-4-13-33(37)34-14-5-8-19-38(34)44)40-26-21-28(27-42-40)32-16-10-17-36-35-15-6-9-20-39(35)45-41(32)36/h1-27H. The van der Waals surface area contributed by atoms with E-state index < -0.39 is 0 Å². The van der Waals surface area contributed by atoms with Crippen LogP contribution in [0.15, 0.2) is 164 Å². The topological polar surface area (TPSA) is 21.1 Å². The van der Waals surface area contributed by atoms with E-state index in [1.165, 1.54) is 47.5 Å². The number of para-hydroxylation sites is 3. The summed E-state index contributed by atoms with van der Waals surface area (Å²) in [5.41, 5.74) is 7.99. The molecular formula is C41H27N3S. The van der Waals surface area contributed by atoms with Crippen LogP contribution in [0.5, 0.6) is 0 Å². The Kier molecular flexibility index (Phi) is 6.00. The maximum Gasteiger partial charge on any atom is 0.137 e. The predicted octanol–water partition coefficient (Wildman–Crippen LogP) is 11.7. The molecule has 0 amide bonds. The Labute approximate surface area is 264 Å². The van der Waals surface area contributed by atoms with Gasteiger partial charge in [0.15, 0.2) is 0 Å². The van der Waals surface area contributed by atoms with E-state index in [-0.39, 0.29) is 0 Å². The first kappa shape index (κ1) is 25.8. The van der Waals surface area contributed by atoms with Crippen molar-refractivity contribution in [3.8, 4) is 16.8 Å². The molecule has 0 fully saturated rings. The van der Waals surface area contributed by atoms with E-state index in [4.69, 9.17) is 4.98 Å². The zero-order valence-electron chi connectivity index (χ0n) is 24.3. The van der Waals surface area contributed by atoms with E-state index >= 15 is 0 Å². The molecule has 0 saturated carbocycles. The fourth-order valence-electron chi connectivity index (χ4n) is 6.59. The molecule has 0 unspecified atom stereocenters. The highest BCUT2D eigenvalue weighted by Crippen LogP contribution is 2.41. The monoisotopic (exact) mass is 593 g/mol. The van der Waals surface area contributed by atoms with Crippen LogP contribution in [0.4, 0.5) is 17.2 Å². The highest BCUT2D eigenvalue weighted by Gasteiger charge is 2.17. The Morgan fingerprint density at radius 3 is 1.82 bits per heavy atom. The Hall–Kier alpha value is -5.71. The lowest BCUT2D eigenvalue weighted by Gasteiger charge is -2.24. The molecule has 0 radical (unpaired) electrons. The van der Waals surface area contributed by atoms with Gasteiger partial charge in [0.25, 0.3) is 0 Å². The van der Waals surface area contributed by atoms with Gasteiger partial charge in [0, 0.05) is 65.3 Å². The van der Waals surface area contributed by atoms with Crippen molar-refractivity contribution in [1.82, 2.24) is 9.55 Å². The van der Waals surface area contributed by atoms with Crippen molar-refractivity contribution in [1.29, 1.82) is 0 Å². The predicted molar refractivity (Wildman–Crippen MR) is 192 cm³/mol. The van der Waals surface area contributed by atoms with Gasteiger partial charge in [0.05, 0.1) is 11.0 Å². The summed E-state index contributed by atoms with van der Waals surface area (Å²) >= 11 is 1.85. The zero-order valence-corrected chi connectivity index (χ0v) is 25.2. The zero-order chi connectivity index (χ0) is 29.7. The van der Waals surface area contributed by atoms with E-state index in [1.807, 2.05) is 17.5 Å². The molecule has 9 aromatic rings. The van der Waals surface area contributed by atoms with Gasteiger partial charge in [-0.15, -0.1) is 11.3 Å². The summed E-state index contributed by atoms with van der Waals surface area (Å²) in [6, 6.07) is 56.1. The molecule has 0 aliphatic heterocycles. The molecule has 0 aliphatic carbocycles. The van der Waals surface area contributed by atoms with Gasteiger partial charge in [0.1, 0.15) is 5.82 Å². The molecule has 0 bridgehead atoms. The summed E-state index contributed by atoms with van der Waals surface area (Å²) in [7, 11) is 0. The van der Waals surface area contributed by atoms with Crippen molar-refractivity contribution in [2.45, 2.75) is 0 Å². The first-order valence-electron chi connectivity index (χ1n) is 15.1. The first-order valence-corrected chi connectivity index (χ1v) is 16.0. The number of pyridine rings is 1. The van der Waals surface area contributed by atoms with Gasteiger partial charge in [-0.1, -0.05) is 91.0 Å². The number of fused-ring (bicyclic) bond motifs is 6. The number of hydrogen-bond acceptors (Lipinski definition) is 3. The minimum absolute atomic E-state index is 0.873. The Morgan fingerprint density at radius 1 is 0.489 bits per heavy atom. The van der Waals surface area contributed by atoms with Gasteiger partial charge in [-0.3, -0.25) is 4.90 Å². The smallest absolute Gasteiger partial charge is 0.137 e. The molecule has 4 heteroatoms. The molecule has 0 spiro atoms. The second-order valence-electron chi connectivity index (χ2n) is 11.2. The summed E-state index contributed by atoms with van der Waals surface area (Å²) in [5, 5.41) is 5.13. The second kappa shape index (κ2) is 10.5. The molecule has 3 nitrogen and oxygen atoms in total. The van der Waals surface area contributed by atoms with Crippen molar-refractivity contribution in [3.05, 3.63) is 164 Å². The third-order valence-corrected chi connectivity index (χ3v) is 9.87. The lowest BCUT2D eigenvalue weighted by atomic mass is 10.0. The second-order valence-corrected chi connectivity index (χ2v) is 12.3. The largest absolute Gasteiger partial charge is 0.309 e. The number of thiophene rings is 1. The Morgan fingerprint density at radius 2 is 1.11 bits per heavy atom. The lowest BCUT2D eigenvalue weighted by Crippen LogP contribution is -2.11. The number of aromatic nitrogens is 2. The molecule has 6 aromatic carbocycles. The lowest BCUT2D eigenvalue weighted by molar-refractivity contribution is 1.16. The molecule has 9 rings (SSSR count). The maximum atomic E-state index is 5.05. The van der Waals surface area contributed by atoms with E-state index in [2.05, 4.69) is 167 Å². The number of anilines is 3. The summed E-state index contributed by atoms with van der Waals surface area (Å²) in [5.74, 6) is 0.873. The van der Waals surface area contributed by atoms with Gasteiger partial charge in [0.2, 0.25) is 0 Å². The van der Waals surface area contributed by atoms with Crippen LogP contribution in [-0.4, -0.2) is 9.55 Å². The van der Waals surface area contributed by atoms with Gasteiger partial charge >= 0.3 is 0 Å². The minimum atomic E-state index is 0.873. The molecule has 45 heavy (non-hydrogen) atoms. The third kappa shape index (κ3) is 4.22. The van der Waals surface area contributed by atoms with Crippen LogP contribution in [0.3, 0.4) is 0 Å². The number of rotatable bonds is 5. The fourth-order valence-corrected chi connectivity index (χ4v) is 7.83. The van der Waals surface area contributed by atoms with Crippen LogP contribution in [-0.2, 0) is 0 Å². The molecule has 0 saturated heterocycles. The highest BCUT2D eigenvalue weighted by atomic mass is 32.1. The minimum Gasteiger partial charge on any atom is -0.309 e. The number of benzene rings is 6. The van der Waals surface area contributed by atoms with Crippen molar-refractivity contribution < 1.29 is 0 Å². The average molecular weight is 594 g/mol. The normalized spacial score (nSPS) is 11.6. The van der Waals surface area contributed by atoms with Crippen LogP contribution >= 0.6 is 11.3 Å². The molecule has 212 valence electrons. The molecular weight excluding hydrogens is 567 g/mol. The van der Waals surface area contributed by atoms with Crippen molar-refractivity contribution in [2.75, 3.05) is 4.90 Å². The van der Waals surface area contributed by atoms with Gasteiger partial charge in [-0.25, -0.2) is 4.98 Å². The van der Waals surface area contributed by atoms with Crippen molar-refractivity contribution >= 4 is 70.5 Å². The van der Waals surface area contributed by atoms with Crippen molar-refractivity contribution in [3.63, 3.8) is 0 Å². The van der Waals surface area contributed by atoms with Crippen LogP contribution in [0, 0.1) is 0 Å². The molecule has 0 atom stereocenters. The van der Waals surface area contributed by atoms with Crippen LogP contribution in [0.1, 0.15) is 0 Å². The van der Waals surface area contributed by atoms with Gasteiger partial charge in [-0.2, -0.15) is 0 Å². The Balaban J connectivity index is 1.13. The Bertz CT molecular complexity index is 2420. The number of hydrogen-bond donors (Lipinski definition) is 0. The van der Waals surface area contributed by atoms with E-state index in [0.717, 1.165) is 28.4 Å².